The maximum absolute atomic E-state index is 10.5. The summed E-state index contributed by atoms with van der Waals surface area (Å²) in [6.45, 7) is 7.46. The number of nitrogens with zero attached hydrogens (tertiary/aromatic N) is 3. The lowest BCUT2D eigenvalue weighted by Crippen LogP contribution is -2.49. The van der Waals surface area contributed by atoms with Crippen LogP contribution < -0.4 is 15.5 Å². The van der Waals surface area contributed by atoms with Gasteiger partial charge in [-0.2, -0.15) is 0 Å². The SMILES string of the molecule is CCNC(=NCC1(O)CCCC1)NC1CCN(c2ccc(C)cn2)CC1. The summed E-state index contributed by atoms with van der Waals surface area (Å²) in [5.74, 6) is 1.90. The molecular weight excluding hydrogens is 326 g/mol. The fourth-order valence-corrected chi connectivity index (χ4v) is 3.83. The fraction of sp³-hybridized carbons (Fsp3) is 0.700. The Morgan fingerprint density at radius 3 is 2.65 bits per heavy atom. The predicted octanol–water partition coefficient (Wildman–Crippen LogP) is 2.22. The van der Waals surface area contributed by atoms with Crippen molar-refractivity contribution in [3.05, 3.63) is 23.9 Å². The van der Waals surface area contributed by atoms with Gasteiger partial charge in [-0.05, 0) is 51.2 Å². The molecular formula is C20H33N5O. The highest BCUT2D eigenvalue weighted by Crippen LogP contribution is 2.29. The van der Waals surface area contributed by atoms with E-state index in [0.717, 1.165) is 69.9 Å². The Morgan fingerprint density at radius 2 is 2.04 bits per heavy atom. The lowest BCUT2D eigenvalue weighted by Gasteiger charge is -2.34. The van der Waals surface area contributed by atoms with Gasteiger partial charge < -0.3 is 20.6 Å². The Bertz CT molecular complexity index is 587. The largest absolute Gasteiger partial charge is 0.388 e. The summed E-state index contributed by atoms with van der Waals surface area (Å²) in [6, 6.07) is 4.64. The van der Waals surface area contributed by atoms with Gasteiger partial charge in [0, 0.05) is 31.9 Å². The number of aromatic nitrogens is 1. The third-order valence-corrected chi connectivity index (χ3v) is 5.47. The highest BCUT2D eigenvalue weighted by molar-refractivity contribution is 5.80. The van der Waals surface area contributed by atoms with Gasteiger partial charge in [0.15, 0.2) is 5.96 Å². The van der Waals surface area contributed by atoms with Crippen molar-refractivity contribution in [1.29, 1.82) is 0 Å². The molecule has 26 heavy (non-hydrogen) atoms. The number of guanidine groups is 1. The molecule has 0 aromatic carbocycles. The van der Waals surface area contributed by atoms with Gasteiger partial charge in [0.1, 0.15) is 5.82 Å². The Labute approximate surface area is 157 Å². The summed E-state index contributed by atoms with van der Waals surface area (Å²) in [5, 5.41) is 17.4. The molecule has 6 heteroatoms. The van der Waals surface area contributed by atoms with Gasteiger partial charge in [-0.1, -0.05) is 18.9 Å². The average molecular weight is 360 g/mol. The summed E-state index contributed by atoms with van der Waals surface area (Å²) in [6.07, 6.45) is 8.02. The molecule has 3 N–H and O–H groups in total. The summed E-state index contributed by atoms with van der Waals surface area (Å²) in [7, 11) is 0. The van der Waals surface area contributed by atoms with Crippen LogP contribution >= 0.6 is 0 Å². The molecule has 2 aliphatic rings. The molecule has 2 fully saturated rings. The van der Waals surface area contributed by atoms with E-state index in [1.54, 1.807) is 0 Å². The van der Waals surface area contributed by atoms with Crippen LogP contribution in [0.1, 0.15) is 51.0 Å². The molecule has 1 aromatic rings. The number of nitrogens with one attached hydrogen (secondary N) is 2. The number of piperidine rings is 1. The first-order valence-corrected chi connectivity index (χ1v) is 10.0. The number of rotatable bonds is 5. The highest BCUT2D eigenvalue weighted by atomic mass is 16.3. The molecule has 1 saturated heterocycles. The maximum atomic E-state index is 10.5. The van der Waals surface area contributed by atoms with E-state index < -0.39 is 5.60 Å². The van der Waals surface area contributed by atoms with Crippen LogP contribution in [-0.2, 0) is 0 Å². The predicted molar refractivity (Wildman–Crippen MR) is 107 cm³/mol. The molecule has 0 bridgehead atoms. The van der Waals surface area contributed by atoms with E-state index in [0.29, 0.717) is 12.6 Å². The van der Waals surface area contributed by atoms with Crippen LogP contribution in [-0.4, -0.2) is 53.9 Å². The van der Waals surface area contributed by atoms with Crippen LogP contribution in [0.4, 0.5) is 5.82 Å². The quantitative estimate of drug-likeness (QED) is 0.555. The minimum Gasteiger partial charge on any atom is -0.388 e. The molecule has 0 amide bonds. The van der Waals surface area contributed by atoms with Gasteiger partial charge in [0.2, 0.25) is 0 Å². The highest BCUT2D eigenvalue weighted by Gasteiger charge is 2.31. The van der Waals surface area contributed by atoms with Crippen LogP contribution in [0.3, 0.4) is 0 Å². The van der Waals surface area contributed by atoms with Crippen LogP contribution in [0.2, 0.25) is 0 Å². The second-order valence-electron chi connectivity index (χ2n) is 7.73. The molecule has 0 spiro atoms. The number of anilines is 1. The van der Waals surface area contributed by atoms with Gasteiger partial charge in [-0.3, -0.25) is 4.99 Å². The second-order valence-corrected chi connectivity index (χ2v) is 7.73. The molecule has 1 aliphatic carbocycles. The van der Waals surface area contributed by atoms with E-state index in [4.69, 9.17) is 0 Å². The first kappa shape index (κ1) is 19.0. The minimum absolute atomic E-state index is 0.410. The number of pyridine rings is 1. The molecule has 2 heterocycles. The van der Waals surface area contributed by atoms with E-state index in [9.17, 15) is 5.11 Å². The van der Waals surface area contributed by atoms with Gasteiger partial charge in [-0.25, -0.2) is 4.98 Å². The molecule has 3 rings (SSSR count). The van der Waals surface area contributed by atoms with Crippen LogP contribution in [0.25, 0.3) is 0 Å². The van der Waals surface area contributed by atoms with Crippen molar-refractivity contribution in [2.45, 2.75) is 64.0 Å². The van der Waals surface area contributed by atoms with Crippen molar-refractivity contribution in [2.75, 3.05) is 31.1 Å². The smallest absolute Gasteiger partial charge is 0.191 e. The molecule has 0 radical (unpaired) electrons. The minimum atomic E-state index is -0.594. The number of aliphatic hydroxyl groups is 1. The van der Waals surface area contributed by atoms with Gasteiger partial charge in [0.25, 0.3) is 0 Å². The van der Waals surface area contributed by atoms with E-state index in [1.807, 2.05) is 6.20 Å². The van der Waals surface area contributed by atoms with Crippen molar-refractivity contribution in [3.63, 3.8) is 0 Å². The van der Waals surface area contributed by atoms with Crippen molar-refractivity contribution >= 4 is 11.8 Å². The maximum Gasteiger partial charge on any atom is 0.191 e. The molecule has 1 aromatic heterocycles. The lowest BCUT2D eigenvalue weighted by atomic mass is 10.0. The van der Waals surface area contributed by atoms with Crippen molar-refractivity contribution < 1.29 is 5.11 Å². The van der Waals surface area contributed by atoms with Crippen LogP contribution in [0, 0.1) is 6.92 Å². The summed E-state index contributed by atoms with van der Waals surface area (Å²) in [4.78, 5) is 11.6. The topological polar surface area (TPSA) is 72.8 Å². The van der Waals surface area contributed by atoms with Crippen molar-refractivity contribution in [3.8, 4) is 0 Å². The fourth-order valence-electron chi connectivity index (χ4n) is 3.83. The first-order chi connectivity index (χ1) is 12.6. The molecule has 1 saturated carbocycles. The zero-order valence-corrected chi connectivity index (χ0v) is 16.2. The number of aliphatic imine (C=N–C) groups is 1. The van der Waals surface area contributed by atoms with Crippen molar-refractivity contribution in [1.82, 2.24) is 15.6 Å². The monoisotopic (exact) mass is 359 g/mol. The third-order valence-electron chi connectivity index (χ3n) is 5.47. The molecule has 6 nitrogen and oxygen atoms in total. The Morgan fingerprint density at radius 1 is 1.31 bits per heavy atom. The Hall–Kier alpha value is -1.82. The van der Waals surface area contributed by atoms with Gasteiger partial charge in [-0.15, -0.1) is 0 Å². The standard InChI is InChI=1S/C20H33N5O/c1-3-21-19(23-15-20(26)10-4-5-11-20)24-17-8-12-25(13-9-17)18-7-6-16(2)14-22-18/h6-7,14,17,26H,3-5,8-13,15H2,1-2H3,(H2,21,23,24). The normalized spacial score (nSPS) is 21.0. The average Bonchev–Trinajstić information content (AvgIpc) is 3.08. The molecule has 144 valence electrons. The molecule has 1 aliphatic heterocycles. The van der Waals surface area contributed by atoms with Crippen LogP contribution in [0.15, 0.2) is 23.3 Å². The van der Waals surface area contributed by atoms with E-state index in [-0.39, 0.29) is 0 Å². The number of aryl methyl sites for hydroxylation is 1. The van der Waals surface area contributed by atoms with Crippen LogP contribution in [0.5, 0.6) is 0 Å². The summed E-state index contributed by atoms with van der Waals surface area (Å²) < 4.78 is 0. The molecule has 0 unspecified atom stereocenters. The second kappa shape index (κ2) is 8.71. The first-order valence-electron chi connectivity index (χ1n) is 10.0. The van der Waals surface area contributed by atoms with E-state index in [2.05, 4.69) is 51.5 Å². The zero-order valence-electron chi connectivity index (χ0n) is 16.2. The Balaban J connectivity index is 1.51. The zero-order chi connectivity index (χ0) is 18.4. The van der Waals surface area contributed by atoms with Gasteiger partial charge >= 0.3 is 0 Å². The van der Waals surface area contributed by atoms with E-state index in [1.165, 1.54) is 5.56 Å². The van der Waals surface area contributed by atoms with Crippen molar-refractivity contribution in [2.24, 2.45) is 4.99 Å². The summed E-state index contributed by atoms with van der Waals surface area (Å²) in [5.41, 5.74) is 0.601. The molecule has 0 atom stereocenters. The number of hydrogen-bond donors (Lipinski definition) is 3. The third kappa shape index (κ3) is 5.10. The van der Waals surface area contributed by atoms with Gasteiger partial charge in [0.05, 0.1) is 12.1 Å². The summed E-state index contributed by atoms with van der Waals surface area (Å²) >= 11 is 0. The number of hydrogen-bond acceptors (Lipinski definition) is 4. The lowest BCUT2D eigenvalue weighted by molar-refractivity contribution is 0.0574. The van der Waals surface area contributed by atoms with E-state index >= 15 is 0 Å². The Kier molecular flexibility index (Phi) is 6.35.